The number of nitrogens with one attached hydrogen (secondary N) is 2. The van der Waals surface area contributed by atoms with E-state index < -0.39 is 0 Å². The summed E-state index contributed by atoms with van der Waals surface area (Å²) in [5, 5.41) is 14.2. The molecule has 0 fully saturated rings. The van der Waals surface area contributed by atoms with Gasteiger partial charge in [-0.1, -0.05) is 20.8 Å². The largest absolute Gasteiger partial charge is 0.394 e. The molecule has 0 aliphatic heterocycles. The maximum absolute atomic E-state index is 11.1. The Kier molecular flexibility index (Phi) is 6.32. The molecule has 0 aromatic carbocycles. The number of carbonyl (C=O) groups excluding carboxylic acids is 1. The first-order chi connectivity index (χ1) is 6.10. The lowest BCUT2D eigenvalue weighted by Gasteiger charge is -2.15. The molecule has 13 heavy (non-hydrogen) atoms. The van der Waals surface area contributed by atoms with Gasteiger partial charge in [-0.3, -0.25) is 0 Å². The van der Waals surface area contributed by atoms with E-state index in [1.54, 1.807) is 0 Å². The number of aliphatic hydroxyl groups excluding tert-OH is 1. The third-order valence-corrected chi connectivity index (χ3v) is 1.72. The molecule has 0 spiro atoms. The molecule has 0 rings (SSSR count). The fraction of sp³-hybridized carbons (Fsp3) is 0.889. The van der Waals surface area contributed by atoms with Crippen LogP contribution < -0.4 is 10.6 Å². The summed E-state index contributed by atoms with van der Waals surface area (Å²) in [4.78, 5) is 11.1. The van der Waals surface area contributed by atoms with E-state index in [0.29, 0.717) is 12.5 Å². The Morgan fingerprint density at radius 3 is 2.46 bits per heavy atom. The van der Waals surface area contributed by atoms with E-state index in [1.165, 1.54) is 0 Å². The molecule has 0 aliphatic carbocycles. The van der Waals surface area contributed by atoms with Crippen molar-refractivity contribution in [2.75, 3.05) is 13.2 Å². The lowest BCUT2D eigenvalue weighted by Crippen LogP contribution is -2.44. The Morgan fingerprint density at radius 1 is 1.46 bits per heavy atom. The smallest absolute Gasteiger partial charge is 0.315 e. The molecule has 1 atom stereocenters. The van der Waals surface area contributed by atoms with Crippen molar-refractivity contribution in [3.63, 3.8) is 0 Å². The molecule has 1 unspecified atom stereocenters. The number of rotatable bonds is 5. The lowest BCUT2D eigenvalue weighted by molar-refractivity contribution is 0.213. The van der Waals surface area contributed by atoms with Crippen LogP contribution in [-0.2, 0) is 0 Å². The topological polar surface area (TPSA) is 61.4 Å². The van der Waals surface area contributed by atoms with Crippen LogP contribution in [0.4, 0.5) is 4.79 Å². The van der Waals surface area contributed by atoms with Gasteiger partial charge in [0, 0.05) is 6.54 Å². The van der Waals surface area contributed by atoms with Gasteiger partial charge in [-0.25, -0.2) is 4.79 Å². The number of amides is 2. The molecule has 0 aromatic rings. The number of hydrogen-bond donors (Lipinski definition) is 3. The number of urea groups is 1. The summed E-state index contributed by atoms with van der Waals surface area (Å²) in [6.45, 7) is 6.64. The number of aliphatic hydroxyl groups is 1. The zero-order chi connectivity index (χ0) is 10.3. The summed E-state index contributed by atoms with van der Waals surface area (Å²) < 4.78 is 0. The highest BCUT2D eigenvalue weighted by atomic mass is 16.3. The van der Waals surface area contributed by atoms with E-state index in [-0.39, 0.29) is 18.7 Å². The van der Waals surface area contributed by atoms with E-state index in [2.05, 4.69) is 10.6 Å². The lowest BCUT2D eigenvalue weighted by atomic mass is 10.2. The highest BCUT2D eigenvalue weighted by molar-refractivity contribution is 5.74. The summed E-state index contributed by atoms with van der Waals surface area (Å²) in [6, 6.07) is -0.332. The second-order valence-corrected chi connectivity index (χ2v) is 3.54. The average Bonchev–Trinajstić information content (AvgIpc) is 2.10. The van der Waals surface area contributed by atoms with Crippen molar-refractivity contribution in [3.8, 4) is 0 Å². The monoisotopic (exact) mass is 188 g/mol. The Morgan fingerprint density at radius 2 is 2.08 bits per heavy atom. The first-order valence-electron chi connectivity index (χ1n) is 4.75. The predicted molar refractivity (Wildman–Crippen MR) is 52.5 cm³/mol. The van der Waals surface area contributed by atoms with Gasteiger partial charge in [-0.15, -0.1) is 0 Å². The third-order valence-electron chi connectivity index (χ3n) is 1.72. The Balaban J connectivity index is 3.60. The van der Waals surface area contributed by atoms with Gasteiger partial charge < -0.3 is 15.7 Å². The second kappa shape index (κ2) is 6.71. The zero-order valence-electron chi connectivity index (χ0n) is 8.63. The summed E-state index contributed by atoms with van der Waals surface area (Å²) >= 11 is 0. The fourth-order valence-electron chi connectivity index (χ4n) is 0.810. The normalized spacial score (nSPS) is 12.7. The fourth-order valence-corrected chi connectivity index (χ4v) is 0.810. The van der Waals surface area contributed by atoms with Gasteiger partial charge in [0.25, 0.3) is 0 Å². The van der Waals surface area contributed by atoms with E-state index in [9.17, 15) is 4.79 Å². The molecule has 0 bridgehead atoms. The van der Waals surface area contributed by atoms with Gasteiger partial charge in [0.05, 0.1) is 12.6 Å². The summed E-state index contributed by atoms with van der Waals surface area (Å²) in [7, 11) is 0. The molecule has 4 nitrogen and oxygen atoms in total. The maximum Gasteiger partial charge on any atom is 0.315 e. The van der Waals surface area contributed by atoms with Crippen LogP contribution in [0.1, 0.15) is 27.2 Å². The Bertz CT molecular complexity index is 145. The molecular formula is C9H20N2O2. The van der Waals surface area contributed by atoms with Crippen LogP contribution in [0.2, 0.25) is 0 Å². The quantitative estimate of drug-likeness (QED) is 0.595. The molecule has 0 aromatic heterocycles. The van der Waals surface area contributed by atoms with E-state index >= 15 is 0 Å². The molecule has 0 saturated carbocycles. The number of hydrogen-bond acceptors (Lipinski definition) is 2. The molecule has 0 heterocycles. The van der Waals surface area contributed by atoms with Gasteiger partial charge in [0.2, 0.25) is 0 Å². The van der Waals surface area contributed by atoms with Crippen LogP contribution in [0.5, 0.6) is 0 Å². The molecule has 4 heteroatoms. The minimum absolute atomic E-state index is 0.00833. The first-order valence-corrected chi connectivity index (χ1v) is 4.75. The van der Waals surface area contributed by atoms with Crippen LogP contribution >= 0.6 is 0 Å². The van der Waals surface area contributed by atoms with E-state index in [0.717, 1.165) is 6.42 Å². The molecule has 2 amide bonds. The van der Waals surface area contributed by atoms with Gasteiger partial charge in [-0.2, -0.15) is 0 Å². The summed E-state index contributed by atoms with van der Waals surface area (Å²) in [6.07, 6.45) is 0.742. The standard InChI is InChI=1S/C9H20N2O2/c1-4-8(6-12)11-9(13)10-5-7(2)3/h7-8,12H,4-6H2,1-3H3,(H2,10,11,13). The summed E-state index contributed by atoms with van der Waals surface area (Å²) in [5.74, 6) is 0.444. The minimum Gasteiger partial charge on any atom is -0.394 e. The van der Waals surface area contributed by atoms with Crippen molar-refractivity contribution >= 4 is 6.03 Å². The highest BCUT2D eigenvalue weighted by Gasteiger charge is 2.08. The van der Waals surface area contributed by atoms with Gasteiger partial charge in [0.1, 0.15) is 0 Å². The highest BCUT2D eigenvalue weighted by Crippen LogP contribution is 1.90. The molecule has 3 N–H and O–H groups in total. The van der Waals surface area contributed by atoms with Crippen molar-refractivity contribution < 1.29 is 9.90 Å². The van der Waals surface area contributed by atoms with Crippen molar-refractivity contribution in [1.82, 2.24) is 10.6 Å². The average molecular weight is 188 g/mol. The summed E-state index contributed by atoms with van der Waals surface area (Å²) in [5.41, 5.74) is 0. The van der Waals surface area contributed by atoms with Crippen molar-refractivity contribution in [3.05, 3.63) is 0 Å². The zero-order valence-corrected chi connectivity index (χ0v) is 8.63. The van der Waals surface area contributed by atoms with E-state index in [1.807, 2.05) is 20.8 Å². The first kappa shape index (κ1) is 12.2. The molecular weight excluding hydrogens is 168 g/mol. The Labute approximate surface area is 79.7 Å². The van der Waals surface area contributed by atoms with Crippen molar-refractivity contribution in [2.24, 2.45) is 5.92 Å². The van der Waals surface area contributed by atoms with Gasteiger partial charge in [0.15, 0.2) is 0 Å². The van der Waals surface area contributed by atoms with Crippen LogP contribution in [0.15, 0.2) is 0 Å². The molecule has 0 saturated heterocycles. The van der Waals surface area contributed by atoms with E-state index in [4.69, 9.17) is 5.11 Å². The molecule has 78 valence electrons. The van der Waals surface area contributed by atoms with Crippen molar-refractivity contribution in [1.29, 1.82) is 0 Å². The van der Waals surface area contributed by atoms with Crippen LogP contribution in [-0.4, -0.2) is 30.3 Å². The van der Waals surface area contributed by atoms with Gasteiger partial charge in [-0.05, 0) is 12.3 Å². The van der Waals surface area contributed by atoms with Crippen LogP contribution in [0, 0.1) is 5.92 Å². The predicted octanol–water partition coefficient (Wildman–Crippen LogP) is 0.712. The second-order valence-electron chi connectivity index (χ2n) is 3.54. The van der Waals surface area contributed by atoms with Gasteiger partial charge >= 0.3 is 6.03 Å². The number of carbonyl (C=O) groups is 1. The van der Waals surface area contributed by atoms with Crippen LogP contribution in [0.3, 0.4) is 0 Å². The maximum atomic E-state index is 11.1. The van der Waals surface area contributed by atoms with Crippen molar-refractivity contribution in [2.45, 2.75) is 33.2 Å². The molecule has 0 radical (unpaired) electrons. The SMILES string of the molecule is CCC(CO)NC(=O)NCC(C)C. The van der Waals surface area contributed by atoms with Crippen LogP contribution in [0.25, 0.3) is 0 Å². The Hall–Kier alpha value is -0.770. The minimum atomic E-state index is -0.199. The third kappa shape index (κ3) is 6.40. The molecule has 0 aliphatic rings.